The molecule has 0 spiro atoms. The van der Waals surface area contributed by atoms with Crippen LogP contribution in [0.25, 0.3) is 0 Å². The van der Waals surface area contributed by atoms with Crippen molar-refractivity contribution in [3.05, 3.63) is 63.3 Å². The largest absolute Gasteiger partial charge is 0.492 e. The van der Waals surface area contributed by atoms with E-state index < -0.39 is 0 Å². The number of benzene rings is 2. The second-order valence-corrected chi connectivity index (χ2v) is 5.39. The lowest BCUT2D eigenvalue weighted by Gasteiger charge is -2.08. The number of Topliss-reactive ketones (excluding diaryl/α,β-unsaturated/α-hetero) is 1. The first-order valence-corrected chi connectivity index (χ1v) is 7.10. The first-order chi connectivity index (χ1) is 9.56. The van der Waals surface area contributed by atoms with Gasteiger partial charge in [-0.3, -0.25) is 4.79 Å². The fraction of sp³-hybridized carbons (Fsp3) is 0.133. The average molecular weight is 358 g/mol. The van der Waals surface area contributed by atoms with Crippen LogP contribution >= 0.6 is 27.5 Å². The number of hydrogen-bond acceptors (Lipinski definition) is 2. The van der Waals surface area contributed by atoms with Crippen molar-refractivity contribution in [2.75, 3.05) is 6.61 Å². The fourth-order valence-corrected chi connectivity index (χ4v) is 2.42. The quantitative estimate of drug-likeness (QED) is 0.712. The zero-order valence-electron chi connectivity index (χ0n) is 10.4. The topological polar surface area (TPSA) is 26.3 Å². The summed E-state index contributed by atoms with van der Waals surface area (Å²) in [7, 11) is 0. The van der Waals surface area contributed by atoms with Crippen LogP contribution in [0.15, 0.2) is 46.9 Å². The van der Waals surface area contributed by atoms with Crippen LogP contribution in [-0.2, 0) is 0 Å². The molecular formula is C15H11BrClFO2. The third kappa shape index (κ3) is 4.05. The summed E-state index contributed by atoms with van der Waals surface area (Å²) < 4.78 is 19.0. The van der Waals surface area contributed by atoms with Crippen molar-refractivity contribution in [2.45, 2.75) is 6.42 Å². The molecule has 0 saturated heterocycles. The van der Waals surface area contributed by atoms with Gasteiger partial charge in [-0.25, -0.2) is 4.39 Å². The van der Waals surface area contributed by atoms with Crippen LogP contribution in [0.1, 0.15) is 16.8 Å². The number of ketones is 1. The van der Waals surface area contributed by atoms with Crippen molar-refractivity contribution in [3.8, 4) is 5.75 Å². The first kappa shape index (κ1) is 15.0. The number of carbonyl (C=O) groups excluding carboxylic acids is 1. The van der Waals surface area contributed by atoms with Gasteiger partial charge in [-0.15, -0.1) is 0 Å². The molecule has 0 aliphatic heterocycles. The van der Waals surface area contributed by atoms with E-state index in [4.69, 9.17) is 16.3 Å². The maximum absolute atomic E-state index is 12.7. The van der Waals surface area contributed by atoms with E-state index in [0.717, 1.165) is 4.47 Å². The molecule has 0 radical (unpaired) electrons. The molecule has 20 heavy (non-hydrogen) atoms. The van der Waals surface area contributed by atoms with Gasteiger partial charge in [0.25, 0.3) is 0 Å². The van der Waals surface area contributed by atoms with Crippen LogP contribution in [0.4, 0.5) is 4.39 Å². The maximum atomic E-state index is 12.7. The summed E-state index contributed by atoms with van der Waals surface area (Å²) in [5.74, 6) is 0.180. The molecule has 104 valence electrons. The van der Waals surface area contributed by atoms with Gasteiger partial charge in [-0.1, -0.05) is 11.6 Å². The smallest absolute Gasteiger partial charge is 0.166 e. The highest BCUT2D eigenvalue weighted by molar-refractivity contribution is 9.10. The second-order valence-electron chi connectivity index (χ2n) is 4.10. The molecule has 0 amide bonds. The molecule has 0 saturated carbocycles. The molecule has 2 rings (SSSR count). The summed E-state index contributed by atoms with van der Waals surface area (Å²) in [6, 6.07) is 10.6. The Morgan fingerprint density at radius 3 is 2.55 bits per heavy atom. The van der Waals surface area contributed by atoms with Crippen molar-refractivity contribution in [1.82, 2.24) is 0 Å². The van der Waals surface area contributed by atoms with Gasteiger partial charge in [-0.05, 0) is 58.4 Å². The minimum absolute atomic E-state index is 0.0879. The summed E-state index contributed by atoms with van der Waals surface area (Å²) in [6.45, 7) is 0.246. The normalized spacial score (nSPS) is 10.3. The van der Waals surface area contributed by atoms with Crippen LogP contribution < -0.4 is 4.74 Å². The van der Waals surface area contributed by atoms with Crippen LogP contribution in [0.5, 0.6) is 5.75 Å². The zero-order chi connectivity index (χ0) is 14.5. The van der Waals surface area contributed by atoms with Gasteiger partial charge in [0, 0.05) is 17.0 Å². The molecule has 0 aromatic heterocycles. The standard InChI is InChI=1S/C15H11BrClFO2/c16-13-9-11(17)3-6-15(13)20-8-7-14(19)10-1-4-12(18)5-2-10/h1-6,9H,7-8H2. The van der Waals surface area contributed by atoms with E-state index >= 15 is 0 Å². The molecule has 5 heteroatoms. The number of ether oxygens (including phenoxy) is 1. The van der Waals surface area contributed by atoms with E-state index in [-0.39, 0.29) is 24.6 Å². The van der Waals surface area contributed by atoms with E-state index in [1.54, 1.807) is 18.2 Å². The summed E-state index contributed by atoms with van der Waals surface area (Å²) in [5.41, 5.74) is 0.477. The van der Waals surface area contributed by atoms with Gasteiger partial charge in [0.05, 0.1) is 11.1 Å². The highest BCUT2D eigenvalue weighted by Gasteiger charge is 2.07. The van der Waals surface area contributed by atoms with Crippen LogP contribution in [-0.4, -0.2) is 12.4 Å². The molecule has 0 aliphatic rings. The number of halogens is 3. The Kier molecular flexibility index (Phi) is 5.15. The van der Waals surface area contributed by atoms with Crippen molar-refractivity contribution in [3.63, 3.8) is 0 Å². The minimum atomic E-state index is -0.358. The van der Waals surface area contributed by atoms with E-state index in [0.29, 0.717) is 16.3 Å². The molecule has 0 heterocycles. The van der Waals surface area contributed by atoms with Gasteiger partial charge < -0.3 is 4.74 Å². The molecule has 0 fully saturated rings. The van der Waals surface area contributed by atoms with Crippen molar-refractivity contribution in [2.24, 2.45) is 0 Å². The lowest BCUT2D eigenvalue weighted by molar-refractivity contribution is 0.0962. The van der Waals surface area contributed by atoms with Gasteiger partial charge in [0.15, 0.2) is 5.78 Å². The number of hydrogen-bond donors (Lipinski definition) is 0. The van der Waals surface area contributed by atoms with E-state index in [2.05, 4.69) is 15.9 Å². The van der Waals surface area contributed by atoms with Gasteiger partial charge in [-0.2, -0.15) is 0 Å². The van der Waals surface area contributed by atoms with E-state index in [1.165, 1.54) is 24.3 Å². The van der Waals surface area contributed by atoms with Crippen molar-refractivity contribution >= 4 is 33.3 Å². The number of rotatable bonds is 5. The molecule has 0 bridgehead atoms. The second kappa shape index (κ2) is 6.86. The minimum Gasteiger partial charge on any atom is -0.492 e. The lowest BCUT2D eigenvalue weighted by atomic mass is 10.1. The Bertz CT molecular complexity index is 614. The highest BCUT2D eigenvalue weighted by atomic mass is 79.9. The fourth-order valence-electron chi connectivity index (χ4n) is 1.63. The Labute approximate surface area is 129 Å². The summed E-state index contributed by atoms with van der Waals surface area (Å²) >= 11 is 9.16. The molecule has 0 atom stereocenters. The van der Waals surface area contributed by atoms with Gasteiger partial charge in [0.1, 0.15) is 11.6 Å². The molecule has 0 aliphatic carbocycles. The SMILES string of the molecule is O=C(CCOc1ccc(Cl)cc1Br)c1ccc(F)cc1. The van der Waals surface area contributed by atoms with Crippen LogP contribution in [0.2, 0.25) is 5.02 Å². The van der Waals surface area contributed by atoms with Crippen LogP contribution in [0.3, 0.4) is 0 Å². The third-order valence-electron chi connectivity index (χ3n) is 2.65. The third-order valence-corrected chi connectivity index (χ3v) is 3.50. The molecular weight excluding hydrogens is 347 g/mol. The molecule has 2 aromatic rings. The molecule has 0 N–H and O–H groups in total. The number of carbonyl (C=O) groups is 1. The molecule has 2 nitrogen and oxygen atoms in total. The van der Waals surface area contributed by atoms with Crippen molar-refractivity contribution < 1.29 is 13.9 Å². The highest BCUT2D eigenvalue weighted by Crippen LogP contribution is 2.28. The molecule has 2 aromatic carbocycles. The Morgan fingerprint density at radius 2 is 1.90 bits per heavy atom. The van der Waals surface area contributed by atoms with E-state index in [9.17, 15) is 9.18 Å². The monoisotopic (exact) mass is 356 g/mol. The van der Waals surface area contributed by atoms with E-state index in [1.807, 2.05) is 0 Å². The summed E-state index contributed by atoms with van der Waals surface area (Å²) in [5, 5.41) is 0.603. The predicted molar refractivity (Wildman–Crippen MR) is 80.0 cm³/mol. The predicted octanol–water partition coefficient (Wildman–Crippen LogP) is 4.89. The van der Waals surface area contributed by atoms with Gasteiger partial charge >= 0.3 is 0 Å². The average Bonchev–Trinajstić information content (AvgIpc) is 2.42. The summed E-state index contributed by atoms with van der Waals surface area (Å²) in [6.07, 6.45) is 0.223. The first-order valence-electron chi connectivity index (χ1n) is 5.93. The lowest BCUT2D eigenvalue weighted by Crippen LogP contribution is -2.07. The van der Waals surface area contributed by atoms with Gasteiger partial charge in [0.2, 0.25) is 0 Å². The zero-order valence-corrected chi connectivity index (χ0v) is 12.7. The Balaban J connectivity index is 1.89. The molecule has 0 unspecified atom stereocenters. The van der Waals surface area contributed by atoms with Crippen molar-refractivity contribution in [1.29, 1.82) is 0 Å². The maximum Gasteiger partial charge on any atom is 0.166 e. The summed E-state index contributed by atoms with van der Waals surface area (Å²) in [4.78, 5) is 11.8. The Morgan fingerprint density at radius 1 is 1.20 bits per heavy atom. The Hall–Kier alpha value is -1.39. The van der Waals surface area contributed by atoms with Crippen LogP contribution in [0, 0.1) is 5.82 Å².